The van der Waals surface area contributed by atoms with E-state index in [9.17, 15) is 19.8 Å². The molecule has 120 heavy (non-hydrogen) atoms. The molecule has 629 valence electrons. The summed E-state index contributed by atoms with van der Waals surface area (Å²) < 4.78 is 71.8. The molecule has 7 N–H and O–H groups in total. The predicted molar refractivity (Wildman–Crippen MR) is 474 cm³/mol. The van der Waals surface area contributed by atoms with E-state index in [1.807, 2.05) is 66.5 Å². The molecular weight excluding hydrogens is 2080 g/mol. The molecule has 3 radical (unpaired) electrons. The number of aliphatic imine (C=N–C) groups is 1. The molecule has 11 atom stereocenters. The number of thiocarbonyl (C=S) groups is 2. The van der Waals surface area contributed by atoms with Crippen LogP contribution in [0.25, 0.3) is 0 Å². The summed E-state index contributed by atoms with van der Waals surface area (Å²) in [5.41, 5.74) is 9.92. The van der Waals surface area contributed by atoms with Crippen molar-refractivity contribution in [3.63, 3.8) is 0 Å². The first-order valence-electron chi connectivity index (χ1n) is 33.1. The maximum Gasteiger partial charge on any atom is 1.00 e. The topological polar surface area (TPSA) is 388 Å². The van der Waals surface area contributed by atoms with Crippen molar-refractivity contribution in [3.8, 4) is 84.9 Å². The Morgan fingerprint density at radius 3 is 1.48 bits per heavy atom. The van der Waals surface area contributed by atoms with Crippen LogP contribution in [0.2, 0.25) is 0 Å². The number of nitrogens with one attached hydrogen (secondary N) is 3. The molecule has 0 aliphatic carbocycles. The molecule has 6 aliphatic heterocycles. The number of thiazole rings is 4. The molecule has 0 saturated carbocycles. The molecule has 6 aromatic rings. The van der Waals surface area contributed by atoms with Gasteiger partial charge in [-0.3, -0.25) is 14.9 Å². The molecule has 10 heterocycles. The molecule has 4 aromatic heterocycles. The van der Waals surface area contributed by atoms with Crippen LogP contribution in [0, 0.1) is 148 Å². The molecule has 0 spiro atoms. The zero-order valence-corrected chi connectivity index (χ0v) is 83.0. The number of benzene rings is 2. The van der Waals surface area contributed by atoms with Crippen LogP contribution in [0.15, 0.2) is 115 Å². The number of carbonyl (C=O) groups is 2. The van der Waals surface area contributed by atoms with Crippen LogP contribution in [0.3, 0.4) is 0 Å². The van der Waals surface area contributed by atoms with Gasteiger partial charge in [0.25, 0.3) is 11.8 Å². The number of ether oxygens (including phenoxy) is 4. The fourth-order valence-corrected chi connectivity index (χ4v) is 16.5. The Labute approximate surface area is 811 Å². The Hall–Kier alpha value is -5.59. The SMILES string of the molecule is Brc1csc(Br)n1.C#CC.C#CC#CC.C#CC#CC#C.CC#CC.C[C@H]1C[C@@H](CO)[C@](N)(c2nc(Br)cs2)CO1.C[C@H]1C[C@@H](CO)[C@](NC(=S)NC(=O)c2ccccc2)(c2nc(Br)cs2)CO1.C[C@H]1C[C@H]2CON=C2CO1.C[C@H]1C[C@H]2CON[C@@]2(c2nc(Br)cs2)CO1.O=C(N=C=S)c1ccccc1.[B].[C-]#[O+].[C-]#[O+].[C-]#[O+].[C-]#[O+].[C-]#[O+].[C-]#[O+].[H-].[Mo].[Na+]. The third-order valence-electron chi connectivity index (χ3n) is 15.3. The van der Waals surface area contributed by atoms with Crippen LogP contribution in [-0.4, -0.2) is 144 Å². The summed E-state index contributed by atoms with van der Waals surface area (Å²) in [4.78, 5) is 54.4. The number of hydrogen-bond donors (Lipinski definition) is 6. The van der Waals surface area contributed by atoms with Gasteiger partial charge in [0.15, 0.2) is 9.03 Å². The number of isothiocyanates is 1. The normalized spacial score (nSPS) is 20.6. The van der Waals surface area contributed by atoms with Gasteiger partial charge in [-0.25, -0.2) is 19.9 Å². The smallest absolute Gasteiger partial charge is 1.00 e. The van der Waals surface area contributed by atoms with Gasteiger partial charge in [0, 0.05) is 99.0 Å². The summed E-state index contributed by atoms with van der Waals surface area (Å²) in [5.74, 6) is 23.5. The molecule has 12 rings (SSSR count). The van der Waals surface area contributed by atoms with E-state index in [0.717, 1.165) is 70.9 Å². The van der Waals surface area contributed by atoms with Gasteiger partial charge >= 0.3 is 97.4 Å². The van der Waals surface area contributed by atoms with Crippen molar-refractivity contribution in [2.75, 3.05) is 52.9 Å². The number of aliphatic hydroxyl groups excluding tert-OH is 2. The summed E-state index contributed by atoms with van der Waals surface area (Å²) in [6, 6.07) is 17.6. The van der Waals surface area contributed by atoms with Crippen molar-refractivity contribution >= 4 is 186 Å². The van der Waals surface area contributed by atoms with Gasteiger partial charge < -0.3 is 51.3 Å². The summed E-state index contributed by atoms with van der Waals surface area (Å²) >= 11 is 32.4. The van der Waals surface area contributed by atoms with Gasteiger partial charge in [-0.2, -0.15) is 10.5 Å². The number of nitrogens with two attached hydrogens (primary N) is 1. The minimum absolute atomic E-state index is 0. The Kier molecular flexibility index (Phi) is 84.3. The van der Waals surface area contributed by atoms with Crippen molar-refractivity contribution in [2.24, 2.45) is 39.6 Å². The summed E-state index contributed by atoms with van der Waals surface area (Å²) in [7, 11) is 0. The summed E-state index contributed by atoms with van der Waals surface area (Å²) in [5, 5.41) is 41.8. The Morgan fingerprint density at radius 2 is 1.06 bits per heavy atom. The molecule has 6 aliphatic rings. The average molecular weight is 2160 g/mol. The molecule has 0 bridgehead atoms. The molecular formula is C80H82BBr5MoN10NaO16S6. The van der Waals surface area contributed by atoms with Crippen molar-refractivity contribution < 1.29 is 128 Å². The van der Waals surface area contributed by atoms with E-state index in [2.05, 4.69) is 257 Å². The summed E-state index contributed by atoms with van der Waals surface area (Å²) in [6.45, 7) is 45.7. The number of oxime groups is 1. The van der Waals surface area contributed by atoms with Crippen molar-refractivity contribution in [3.05, 3.63) is 171 Å². The van der Waals surface area contributed by atoms with E-state index in [1.165, 1.54) is 22.7 Å². The first kappa shape index (κ1) is 128. The third kappa shape index (κ3) is 49.2. The quantitative estimate of drug-likeness (QED) is 0.0206. The number of aromatic nitrogens is 4. The Balaban J connectivity index is -0.000000202. The van der Waals surface area contributed by atoms with Crippen molar-refractivity contribution in [1.82, 2.24) is 36.0 Å². The molecule has 2 amide bonds. The van der Waals surface area contributed by atoms with Crippen LogP contribution in [0.4, 0.5) is 0 Å². The largest absolute Gasteiger partial charge is 1.00 e. The minimum Gasteiger partial charge on any atom is -1.00 e. The first-order chi connectivity index (χ1) is 56.4. The van der Waals surface area contributed by atoms with E-state index >= 15 is 0 Å². The molecule has 5 saturated heterocycles. The van der Waals surface area contributed by atoms with Gasteiger partial charge in [-0.1, -0.05) is 47.5 Å². The van der Waals surface area contributed by atoms with E-state index in [1.54, 1.807) is 85.1 Å². The third-order valence-corrected chi connectivity index (χ3v) is 22.8. The number of carbonyl (C=O) groups excluding carboxylic acids is 2. The number of halogens is 5. The van der Waals surface area contributed by atoms with Gasteiger partial charge in [0.05, 0.1) is 73.9 Å². The fourth-order valence-electron chi connectivity index (χ4n) is 10.1. The maximum absolute atomic E-state index is 12.4. The second kappa shape index (κ2) is 79.3. The zero-order valence-electron chi connectivity index (χ0n) is 67.2. The van der Waals surface area contributed by atoms with Crippen molar-refractivity contribution in [2.45, 2.75) is 122 Å². The number of rotatable bonds is 8. The fraction of sp³-hybridized carbons (Fsp3) is 0.388. The summed E-state index contributed by atoms with van der Waals surface area (Å²) in [6.07, 6.45) is 23.1. The van der Waals surface area contributed by atoms with Crippen LogP contribution in [0.1, 0.15) is 118 Å². The number of aliphatic hydroxyl groups is 2. The number of terminal acetylenes is 4. The number of nitrogens with zero attached hydrogens (tertiary/aromatic N) is 6. The van der Waals surface area contributed by atoms with Crippen LogP contribution in [-0.2, 0) is 94.2 Å². The van der Waals surface area contributed by atoms with Gasteiger partial charge in [0.2, 0.25) is 0 Å². The minimum atomic E-state index is -0.807. The van der Waals surface area contributed by atoms with E-state index in [0.29, 0.717) is 72.6 Å². The van der Waals surface area contributed by atoms with Crippen LogP contribution >= 0.6 is 149 Å². The molecule has 5 fully saturated rings. The first-order valence-corrected chi connectivity index (χ1v) is 41.4. The van der Waals surface area contributed by atoms with Crippen LogP contribution in [0.5, 0.6) is 0 Å². The number of amides is 2. The molecule has 2 aromatic carbocycles. The molecule has 26 nitrogen and oxygen atoms in total. The number of hydrogen-bond acceptors (Lipinski definition) is 23. The van der Waals surface area contributed by atoms with E-state index < -0.39 is 11.1 Å². The second-order valence-corrected chi connectivity index (χ2v) is 31.3. The predicted octanol–water partition coefficient (Wildman–Crippen LogP) is 10.8. The Morgan fingerprint density at radius 1 is 0.625 bits per heavy atom. The monoisotopic (exact) mass is 2160 g/mol. The van der Waals surface area contributed by atoms with Crippen LogP contribution < -0.4 is 51.4 Å². The second-order valence-electron chi connectivity index (χ2n) is 22.7. The van der Waals surface area contributed by atoms with Crippen molar-refractivity contribution in [1.29, 1.82) is 0 Å². The molecule has 0 unspecified atom stereocenters. The van der Waals surface area contributed by atoms with E-state index in [4.69, 9.17) is 93.8 Å². The number of hydroxylamine groups is 1. The average Bonchev–Trinajstić information content (AvgIpc) is 1.74. The molecule has 40 heteroatoms. The maximum atomic E-state index is 12.4. The standard InChI is InChI=1S/C18H20BrN3O3S2.C10H13BrN2O2S.C10H15BrN2O2S.C8H5NOS.C7H11NO2.C6H2.C5H4.C4H6.C3HBr2NS.C3H4.6CO.B.Mo.Na.H/c1-11-7-13(8-23)18(10-25-11,16-20-14(19)9-27-16)22-17(26)21-15(24)12-5-3-2-4-6-12;1-6-2-7-3-15-13-10(7,5-14-6)9-12-8(11)4-16-9;1-6-2-7(3-14)10(12,5-15-6)9-13-8(11)4-16-9;10-8(9-6-11)7-4-2-1-3-5-7;1-5-2-6-3-10-8-7(6)4-9-5;1-3-5-6-4-2;1-3-5-4-2;1-3-4-2;4-2-1-7-3(5)6-2;1-3-2;6*1-2;;;;/h2-6,9,11,13,23H,7-8,10H2,1H3,(H2,21,22,24,26);4,6-7,13H,2-3,5H2,1H3;4,6-7,14H,2-3,5,12H2,1H3;1-5H;5-6H,2-4H2,1H3;1-2H;1H,2H3;1-2H3;1H;1H,2H3;;;;;;;;;;/q;;;;;;;;;;;;;;;;;;+1;-1/t11-,13-,18-;2*6-,7-,10-;;5-,6-;;;;;;;;;;;;;;;/m000.0.............../s1. The van der Waals surface area contributed by atoms with Gasteiger partial charge in [-0.15, -0.1) is 88.8 Å². The van der Waals surface area contributed by atoms with Gasteiger partial charge in [-0.05, 0) is 245 Å². The van der Waals surface area contributed by atoms with Gasteiger partial charge in [0.1, 0.15) is 51.1 Å². The Bertz CT molecular complexity index is 4420. The zero-order chi connectivity index (χ0) is 89.8. The van der Waals surface area contributed by atoms with E-state index in [-0.39, 0.29) is 120 Å². The number of fused-ring (bicyclic) bond motifs is 2.